The molecular formula is C26H26F2N4O4S. The second-order valence-corrected chi connectivity index (χ2v) is 10.6. The predicted octanol–water partition coefficient (Wildman–Crippen LogP) is 4.75. The van der Waals surface area contributed by atoms with E-state index >= 15 is 0 Å². The molecule has 0 radical (unpaired) electrons. The van der Waals surface area contributed by atoms with Crippen LogP contribution in [-0.4, -0.2) is 43.5 Å². The summed E-state index contributed by atoms with van der Waals surface area (Å²) in [4.78, 5) is 3.75. The third-order valence-corrected chi connectivity index (χ3v) is 7.90. The zero-order chi connectivity index (χ0) is 26.2. The standard InChI is InChI=1S/C26H26F2N4O4S/c1-32-26(20-5-3-17(11-22(20)30-32)16-7-9-36-10-8-16)18-12-23(24(15-35-2)29-14-18)31-37(33,34)25-6-4-19(27)13-21(25)28/h3-6,11-14,16,31H,7-10,15H2,1-2H3. The summed E-state index contributed by atoms with van der Waals surface area (Å²) in [6.45, 7) is 1.51. The number of aromatic nitrogens is 3. The smallest absolute Gasteiger partial charge is 0.264 e. The highest BCUT2D eigenvalue weighted by Crippen LogP contribution is 2.34. The number of sulfonamides is 1. The van der Waals surface area contributed by atoms with Gasteiger partial charge in [0.25, 0.3) is 10.0 Å². The van der Waals surface area contributed by atoms with Gasteiger partial charge in [0.2, 0.25) is 0 Å². The molecule has 0 aliphatic carbocycles. The number of hydrogen-bond acceptors (Lipinski definition) is 6. The Bertz CT molecular complexity index is 1570. The molecule has 1 saturated heterocycles. The minimum atomic E-state index is -4.38. The molecule has 0 amide bonds. The van der Waals surface area contributed by atoms with Crippen LogP contribution in [0.25, 0.3) is 22.2 Å². The molecule has 0 spiro atoms. The number of methoxy groups -OCH3 is 1. The molecule has 0 atom stereocenters. The molecule has 5 rings (SSSR count). The third-order valence-electron chi connectivity index (χ3n) is 6.50. The second-order valence-electron chi connectivity index (χ2n) is 8.97. The lowest BCUT2D eigenvalue weighted by Crippen LogP contribution is -2.17. The summed E-state index contributed by atoms with van der Waals surface area (Å²) >= 11 is 0. The maximum atomic E-state index is 14.3. The number of anilines is 1. The molecule has 11 heteroatoms. The van der Waals surface area contributed by atoms with E-state index in [0.29, 0.717) is 23.2 Å². The molecule has 0 bridgehead atoms. The first kappa shape index (κ1) is 25.2. The molecule has 0 unspecified atom stereocenters. The normalized spacial score (nSPS) is 14.8. The molecule has 1 N–H and O–H groups in total. The van der Waals surface area contributed by atoms with Crippen molar-refractivity contribution in [3.63, 3.8) is 0 Å². The second kappa shape index (κ2) is 10.2. The Morgan fingerprint density at radius 3 is 2.65 bits per heavy atom. The first-order chi connectivity index (χ1) is 17.8. The van der Waals surface area contributed by atoms with E-state index in [-0.39, 0.29) is 12.3 Å². The van der Waals surface area contributed by atoms with Crippen LogP contribution in [0, 0.1) is 11.6 Å². The number of nitrogens with zero attached hydrogens (tertiary/aromatic N) is 3. The van der Waals surface area contributed by atoms with Crippen LogP contribution in [-0.2, 0) is 33.2 Å². The quantitative estimate of drug-likeness (QED) is 0.372. The van der Waals surface area contributed by atoms with Gasteiger partial charge >= 0.3 is 0 Å². The molecule has 1 aliphatic heterocycles. The van der Waals surface area contributed by atoms with Gasteiger partial charge in [0.1, 0.15) is 16.5 Å². The monoisotopic (exact) mass is 528 g/mol. The Morgan fingerprint density at radius 2 is 1.92 bits per heavy atom. The van der Waals surface area contributed by atoms with E-state index in [9.17, 15) is 17.2 Å². The topological polar surface area (TPSA) is 95.3 Å². The highest BCUT2D eigenvalue weighted by molar-refractivity contribution is 7.92. The molecule has 1 fully saturated rings. The van der Waals surface area contributed by atoms with Crippen LogP contribution in [0.15, 0.2) is 53.6 Å². The van der Waals surface area contributed by atoms with E-state index in [4.69, 9.17) is 9.47 Å². The molecule has 8 nitrogen and oxygen atoms in total. The van der Waals surface area contributed by atoms with Crippen molar-refractivity contribution >= 4 is 26.6 Å². The Balaban J connectivity index is 1.54. The highest BCUT2D eigenvalue weighted by atomic mass is 32.2. The zero-order valence-electron chi connectivity index (χ0n) is 20.4. The fourth-order valence-electron chi connectivity index (χ4n) is 4.70. The summed E-state index contributed by atoms with van der Waals surface area (Å²) in [7, 11) is -1.11. The van der Waals surface area contributed by atoms with Crippen LogP contribution >= 0.6 is 0 Å². The molecule has 3 heterocycles. The number of hydrogen-bond donors (Lipinski definition) is 1. The summed E-state index contributed by atoms with van der Waals surface area (Å²) < 4.78 is 68.4. The largest absolute Gasteiger partial charge is 0.381 e. The Morgan fingerprint density at radius 1 is 1.14 bits per heavy atom. The van der Waals surface area contributed by atoms with E-state index in [1.807, 2.05) is 13.1 Å². The average molecular weight is 529 g/mol. The Labute approximate surface area is 213 Å². The number of rotatable bonds is 7. The van der Waals surface area contributed by atoms with Gasteiger partial charge in [-0.3, -0.25) is 14.4 Å². The van der Waals surface area contributed by atoms with Gasteiger partial charge in [0.15, 0.2) is 0 Å². The minimum absolute atomic E-state index is 0.0185. The minimum Gasteiger partial charge on any atom is -0.381 e. The van der Waals surface area contributed by atoms with E-state index in [1.165, 1.54) is 12.7 Å². The lowest BCUT2D eigenvalue weighted by Gasteiger charge is -2.22. The summed E-state index contributed by atoms with van der Waals surface area (Å²) in [6.07, 6.45) is 3.55. The molecule has 2 aromatic heterocycles. The van der Waals surface area contributed by atoms with Crippen LogP contribution in [0.2, 0.25) is 0 Å². The molecule has 37 heavy (non-hydrogen) atoms. The Hall–Kier alpha value is -3.41. The van der Waals surface area contributed by atoms with Crippen LogP contribution in [0.5, 0.6) is 0 Å². The molecule has 194 valence electrons. The van der Waals surface area contributed by atoms with Crippen molar-refractivity contribution in [3.8, 4) is 11.3 Å². The lowest BCUT2D eigenvalue weighted by atomic mass is 9.91. The summed E-state index contributed by atoms with van der Waals surface area (Å²) in [5.41, 5.74) is 3.82. The van der Waals surface area contributed by atoms with Gasteiger partial charge < -0.3 is 9.47 Å². The van der Waals surface area contributed by atoms with Gasteiger partial charge in [0, 0.05) is 50.6 Å². The average Bonchev–Trinajstić information content (AvgIpc) is 3.20. The van der Waals surface area contributed by atoms with Gasteiger partial charge in [-0.15, -0.1) is 0 Å². The van der Waals surface area contributed by atoms with Crippen molar-refractivity contribution in [2.45, 2.75) is 30.3 Å². The number of fused-ring (bicyclic) bond motifs is 1. The third kappa shape index (κ3) is 5.07. The van der Waals surface area contributed by atoms with Crippen molar-refractivity contribution in [2.75, 3.05) is 25.0 Å². The molecular weight excluding hydrogens is 502 g/mol. The van der Waals surface area contributed by atoms with Gasteiger partial charge in [0.05, 0.1) is 29.2 Å². The molecule has 2 aromatic carbocycles. The van der Waals surface area contributed by atoms with Crippen molar-refractivity contribution in [1.82, 2.24) is 14.8 Å². The number of pyridine rings is 1. The van der Waals surface area contributed by atoms with Crippen LogP contribution < -0.4 is 4.72 Å². The van der Waals surface area contributed by atoms with Crippen LogP contribution in [0.1, 0.15) is 30.0 Å². The molecule has 0 saturated carbocycles. The van der Waals surface area contributed by atoms with E-state index < -0.39 is 26.6 Å². The fraction of sp³-hybridized carbons (Fsp3) is 0.308. The van der Waals surface area contributed by atoms with Gasteiger partial charge in [-0.2, -0.15) is 5.10 Å². The van der Waals surface area contributed by atoms with Crippen LogP contribution in [0.3, 0.4) is 0 Å². The number of benzene rings is 2. The zero-order valence-corrected chi connectivity index (χ0v) is 21.2. The van der Waals surface area contributed by atoms with Crippen molar-refractivity contribution < 1.29 is 26.7 Å². The number of halogens is 2. The van der Waals surface area contributed by atoms with Gasteiger partial charge in [-0.25, -0.2) is 17.2 Å². The van der Waals surface area contributed by atoms with E-state index in [2.05, 4.69) is 26.9 Å². The fourth-order valence-corrected chi connectivity index (χ4v) is 5.84. The first-order valence-corrected chi connectivity index (χ1v) is 13.3. The summed E-state index contributed by atoms with van der Waals surface area (Å²) in [5.74, 6) is -1.64. The van der Waals surface area contributed by atoms with Gasteiger partial charge in [-0.05, 0) is 48.6 Å². The Kier molecular flexibility index (Phi) is 6.93. The number of nitrogens with one attached hydrogen (secondary N) is 1. The highest BCUT2D eigenvalue weighted by Gasteiger charge is 2.23. The van der Waals surface area contributed by atoms with Crippen molar-refractivity contribution in [1.29, 1.82) is 0 Å². The van der Waals surface area contributed by atoms with Crippen molar-refractivity contribution in [3.05, 3.63) is 71.6 Å². The summed E-state index contributed by atoms with van der Waals surface area (Å²) in [5, 5.41) is 5.57. The van der Waals surface area contributed by atoms with Crippen LogP contribution in [0.4, 0.5) is 14.5 Å². The molecule has 1 aliphatic rings. The van der Waals surface area contributed by atoms with E-state index in [0.717, 1.165) is 54.8 Å². The molecule has 4 aromatic rings. The lowest BCUT2D eigenvalue weighted by molar-refractivity contribution is 0.0853. The number of ether oxygens (including phenoxy) is 2. The SMILES string of the molecule is COCc1ncc(-c2c3ccc(C4CCOCC4)cc3nn2C)cc1NS(=O)(=O)c1ccc(F)cc1F. The van der Waals surface area contributed by atoms with Crippen molar-refractivity contribution in [2.24, 2.45) is 7.05 Å². The first-order valence-electron chi connectivity index (χ1n) is 11.8. The summed E-state index contributed by atoms with van der Waals surface area (Å²) in [6, 6.07) is 10.1. The maximum Gasteiger partial charge on any atom is 0.264 e. The maximum absolute atomic E-state index is 14.3. The van der Waals surface area contributed by atoms with Gasteiger partial charge in [-0.1, -0.05) is 12.1 Å². The number of aryl methyl sites for hydroxylation is 1. The predicted molar refractivity (Wildman–Crippen MR) is 135 cm³/mol. The van der Waals surface area contributed by atoms with E-state index in [1.54, 1.807) is 16.9 Å².